The molecule has 0 bridgehead atoms. The van der Waals surface area contributed by atoms with Crippen LogP contribution in [0.2, 0.25) is 0 Å². The van der Waals surface area contributed by atoms with Gasteiger partial charge >= 0.3 is 5.97 Å². The van der Waals surface area contributed by atoms with Gasteiger partial charge in [0.2, 0.25) is 0 Å². The number of ether oxygens (including phenoxy) is 1. The molecule has 0 amide bonds. The zero-order chi connectivity index (χ0) is 21.5. The fourth-order valence-electron chi connectivity index (χ4n) is 2.87. The number of methoxy groups -OCH3 is 1. The summed E-state index contributed by atoms with van der Waals surface area (Å²) in [5.74, 6) is 5.56. The fraction of sp³-hybridized carbons (Fsp3) is 0.217. The molecule has 6 nitrogen and oxygen atoms in total. The van der Waals surface area contributed by atoms with Crippen LogP contribution in [0, 0.1) is 17.7 Å². The van der Waals surface area contributed by atoms with Gasteiger partial charge in [0.1, 0.15) is 18.0 Å². The molecular weight excluding hydrogens is 383 g/mol. The Balaban J connectivity index is 2.03. The van der Waals surface area contributed by atoms with Crippen molar-refractivity contribution in [2.24, 2.45) is 0 Å². The largest absolute Gasteiger partial charge is 0.465 e. The first-order valence-electron chi connectivity index (χ1n) is 9.51. The van der Waals surface area contributed by atoms with E-state index in [1.54, 1.807) is 12.3 Å². The maximum absolute atomic E-state index is 14.4. The third kappa shape index (κ3) is 4.61. The highest BCUT2D eigenvalue weighted by molar-refractivity contribution is 5.90. The van der Waals surface area contributed by atoms with Gasteiger partial charge in [-0.3, -0.25) is 0 Å². The number of hydrogen-bond donors (Lipinski definition) is 1. The lowest BCUT2D eigenvalue weighted by Crippen LogP contribution is -2.05. The van der Waals surface area contributed by atoms with Crippen LogP contribution in [-0.2, 0) is 11.2 Å². The van der Waals surface area contributed by atoms with Gasteiger partial charge in [-0.25, -0.2) is 24.1 Å². The molecule has 3 aromatic rings. The molecule has 152 valence electrons. The lowest BCUT2D eigenvalue weighted by molar-refractivity contribution is 0.0595. The summed E-state index contributed by atoms with van der Waals surface area (Å²) in [6.45, 7) is 4.75. The number of aryl methyl sites for hydroxylation is 1. The molecule has 0 aliphatic carbocycles. The minimum Gasteiger partial charge on any atom is -0.465 e. The zero-order valence-electron chi connectivity index (χ0n) is 17.0. The van der Waals surface area contributed by atoms with Gasteiger partial charge in [-0.05, 0) is 37.6 Å². The van der Waals surface area contributed by atoms with E-state index < -0.39 is 11.8 Å². The van der Waals surface area contributed by atoms with Crippen molar-refractivity contribution in [2.45, 2.75) is 20.3 Å². The Morgan fingerprint density at radius 3 is 2.60 bits per heavy atom. The monoisotopic (exact) mass is 404 g/mol. The molecule has 2 heterocycles. The van der Waals surface area contributed by atoms with Gasteiger partial charge in [-0.2, -0.15) is 0 Å². The van der Waals surface area contributed by atoms with Crippen LogP contribution in [0.15, 0.2) is 42.9 Å². The average molecular weight is 404 g/mol. The minimum atomic E-state index is -0.732. The van der Waals surface area contributed by atoms with Gasteiger partial charge in [0, 0.05) is 23.9 Å². The molecule has 0 aliphatic rings. The summed E-state index contributed by atoms with van der Waals surface area (Å²) in [7, 11) is 1.21. The number of anilines is 1. The highest BCUT2D eigenvalue weighted by atomic mass is 19.1. The van der Waals surface area contributed by atoms with Gasteiger partial charge in [0.15, 0.2) is 0 Å². The normalized spacial score (nSPS) is 10.1. The quantitative estimate of drug-likeness (QED) is 0.514. The van der Waals surface area contributed by atoms with E-state index in [9.17, 15) is 9.18 Å². The summed E-state index contributed by atoms with van der Waals surface area (Å²) in [5, 5.41) is 3.13. The molecule has 1 N–H and O–H groups in total. The molecule has 2 aromatic heterocycles. The van der Waals surface area contributed by atoms with E-state index in [4.69, 9.17) is 0 Å². The fourth-order valence-corrected chi connectivity index (χ4v) is 2.87. The number of carbonyl (C=O) groups is 1. The standard InChI is InChI=1S/C23H21FN4O2/c1-4-20-18(9-6-15-7-11-21(25-5-2)26-13-15)22(28-14-27-20)16-8-10-17(19(24)12-16)23(29)30-3/h7-8,10-14H,4-5H2,1-3H3,(H,25,26). The van der Waals surface area contributed by atoms with E-state index in [0.29, 0.717) is 23.2 Å². The molecule has 0 fully saturated rings. The molecule has 0 aliphatic heterocycles. The van der Waals surface area contributed by atoms with Crippen molar-refractivity contribution in [3.63, 3.8) is 0 Å². The van der Waals surface area contributed by atoms with E-state index in [-0.39, 0.29) is 5.56 Å². The Kier molecular flexibility index (Phi) is 6.71. The topological polar surface area (TPSA) is 77.0 Å². The smallest absolute Gasteiger partial charge is 0.340 e. The number of aromatic nitrogens is 3. The summed E-state index contributed by atoms with van der Waals surface area (Å²) >= 11 is 0. The molecule has 0 saturated carbocycles. The Bertz CT molecular complexity index is 1120. The maximum Gasteiger partial charge on any atom is 0.340 e. The molecule has 3 rings (SSSR count). The number of hydrogen-bond acceptors (Lipinski definition) is 6. The Morgan fingerprint density at radius 1 is 1.13 bits per heavy atom. The third-order valence-electron chi connectivity index (χ3n) is 4.36. The SMILES string of the molecule is CCNc1ccc(C#Cc2c(CC)ncnc2-c2ccc(C(=O)OC)c(F)c2)cn1. The van der Waals surface area contributed by atoms with E-state index >= 15 is 0 Å². The van der Waals surface area contributed by atoms with E-state index in [1.165, 1.54) is 25.6 Å². The highest BCUT2D eigenvalue weighted by Crippen LogP contribution is 2.25. The van der Waals surface area contributed by atoms with Crippen molar-refractivity contribution in [1.29, 1.82) is 0 Å². The van der Waals surface area contributed by atoms with Crippen molar-refractivity contribution < 1.29 is 13.9 Å². The predicted octanol–water partition coefficient (Wildman–Crippen LogP) is 3.86. The highest BCUT2D eigenvalue weighted by Gasteiger charge is 2.16. The van der Waals surface area contributed by atoms with Gasteiger partial charge in [-0.1, -0.05) is 24.8 Å². The molecule has 1 aromatic carbocycles. The van der Waals surface area contributed by atoms with Gasteiger partial charge in [0.25, 0.3) is 0 Å². The second-order valence-electron chi connectivity index (χ2n) is 6.30. The third-order valence-corrected chi connectivity index (χ3v) is 4.36. The van der Waals surface area contributed by atoms with E-state index in [1.807, 2.05) is 26.0 Å². The molecule has 0 spiro atoms. The second kappa shape index (κ2) is 9.61. The van der Waals surface area contributed by atoms with Gasteiger partial charge < -0.3 is 10.1 Å². The second-order valence-corrected chi connectivity index (χ2v) is 6.30. The van der Waals surface area contributed by atoms with Gasteiger partial charge in [0.05, 0.1) is 29.6 Å². The number of pyridine rings is 1. The number of halogens is 1. The summed E-state index contributed by atoms with van der Waals surface area (Å²) < 4.78 is 19.0. The molecular formula is C23H21FN4O2. The van der Waals surface area contributed by atoms with Crippen molar-refractivity contribution >= 4 is 11.8 Å². The van der Waals surface area contributed by atoms with Crippen LogP contribution in [0.5, 0.6) is 0 Å². The molecule has 30 heavy (non-hydrogen) atoms. The van der Waals surface area contributed by atoms with E-state index in [0.717, 1.165) is 23.6 Å². The van der Waals surface area contributed by atoms with Crippen molar-refractivity contribution in [1.82, 2.24) is 15.0 Å². The molecule has 0 atom stereocenters. The minimum absolute atomic E-state index is 0.134. The van der Waals surface area contributed by atoms with Crippen LogP contribution in [-0.4, -0.2) is 34.6 Å². The lowest BCUT2D eigenvalue weighted by Gasteiger charge is -2.09. The first-order chi connectivity index (χ1) is 14.6. The number of nitrogens with one attached hydrogen (secondary N) is 1. The lowest BCUT2D eigenvalue weighted by atomic mass is 10.0. The van der Waals surface area contributed by atoms with Crippen molar-refractivity contribution in [3.05, 3.63) is 71.1 Å². The van der Waals surface area contributed by atoms with E-state index in [2.05, 4.69) is 36.8 Å². The first kappa shape index (κ1) is 20.9. The number of rotatable bonds is 5. The molecule has 0 unspecified atom stereocenters. The molecule has 0 saturated heterocycles. The maximum atomic E-state index is 14.4. The van der Waals surface area contributed by atoms with Crippen LogP contribution in [0.4, 0.5) is 10.2 Å². The van der Waals surface area contributed by atoms with Crippen LogP contribution in [0.25, 0.3) is 11.3 Å². The first-order valence-corrected chi connectivity index (χ1v) is 9.51. The van der Waals surface area contributed by atoms with Gasteiger partial charge in [-0.15, -0.1) is 0 Å². The summed E-state index contributed by atoms with van der Waals surface area (Å²) in [5.41, 5.74) is 2.97. The van der Waals surface area contributed by atoms with Crippen LogP contribution in [0.3, 0.4) is 0 Å². The van der Waals surface area contributed by atoms with Crippen LogP contribution in [0.1, 0.15) is 41.0 Å². The predicted molar refractivity (Wildman–Crippen MR) is 113 cm³/mol. The summed E-state index contributed by atoms with van der Waals surface area (Å²) in [4.78, 5) is 24.6. The van der Waals surface area contributed by atoms with Crippen molar-refractivity contribution in [3.8, 4) is 23.1 Å². The van der Waals surface area contributed by atoms with Crippen molar-refractivity contribution in [2.75, 3.05) is 19.0 Å². The number of esters is 1. The Labute approximate surface area is 174 Å². The summed E-state index contributed by atoms with van der Waals surface area (Å²) in [6.07, 6.45) is 3.75. The molecule has 7 heteroatoms. The average Bonchev–Trinajstić information content (AvgIpc) is 2.78. The number of nitrogens with zero attached hydrogens (tertiary/aromatic N) is 3. The number of carbonyl (C=O) groups excluding carboxylic acids is 1. The number of benzene rings is 1. The van der Waals surface area contributed by atoms with Crippen LogP contribution < -0.4 is 5.32 Å². The Morgan fingerprint density at radius 2 is 1.97 bits per heavy atom. The zero-order valence-corrected chi connectivity index (χ0v) is 17.0. The molecule has 0 radical (unpaired) electrons. The van der Waals surface area contributed by atoms with Crippen LogP contribution >= 0.6 is 0 Å². The Hall–Kier alpha value is -3.79. The summed E-state index contributed by atoms with van der Waals surface area (Å²) in [6, 6.07) is 7.99.